The van der Waals surface area contributed by atoms with E-state index in [0.717, 1.165) is 22.8 Å². The molecule has 0 aliphatic rings. The highest BCUT2D eigenvalue weighted by Crippen LogP contribution is 2.27. The number of aromatic nitrogens is 1. The van der Waals surface area contributed by atoms with Crippen molar-refractivity contribution < 1.29 is 9.15 Å². The minimum absolute atomic E-state index is 0.214. The molecule has 0 aliphatic heterocycles. The normalized spacial score (nSPS) is 11.0. The molecule has 0 radical (unpaired) electrons. The number of rotatable bonds is 4. The summed E-state index contributed by atoms with van der Waals surface area (Å²) in [5, 5.41) is 0. The number of anilines is 1. The summed E-state index contributed by atoms with van der Waals surface area (Å²) < 4.78 is 10.8. The van der Waals surface area contributed by atoms with E-state index in [0.29, 0.717) is 12.3 Å². The van der Waals surface area contributed by atoms with Crippen LogP contribution in [0.1, 0.15) is 42.3 Å². The standard InChI is InChI=1S/C15H20N2O2/c1-9(2)11-5-6-13(18-4)12(7-11)8-14-10(3)17-15(16)19-14/h5-7,9H,8H2,1-4H3,(H2,16,17). The number of oxazole rings is 1. The van der Waals surface area contributed by atoms with Crippen molar-refractivity contribution in [3.63, 3.8) is 0 Å². The molecule has 0 spiro atoms. The largest absolute Gasteiger partial charge is 0.496 e. The van der Waals surface area contributed by atoms with E-state index in [2.05, 4.69) is 31.0 Å². The van der Waals surface area contributed by atoms with Crippen molar-refractivity contribution in [3.8, 4) is 5.75 Å². The van der Waals surface area contributed by atoms with E-state index in [1.807, 2.05) is 13.0 Å². The number of nitrogen functional groups attached to an aromatic ring is 1. The van der Waals surface area contributed by atoms with Crippen molar-refractivity contribution in [2.75, 3.05) is 12.8 Å². The van der Waals surface area contributed by atoms with Gasteiger partial charge in [-0.1, -0.05) is 26.0 Å². The van der Waals surface area contributed by atoms with Gasteiger partial charge in [-0.3, -0.25) is 0 Å². The van der Waals surface area contributed by atoms with Gasteiger partial charge in [0.15, 0.2) is 0 Å². The van der Waals surface area contributed by atoms with E-state index in [1.165, 1.54) is 5.56 Å². The van der Waals surface area contributed by atoms with Gasteiger partial charge >= 0.3 is 0 Å². The Hall–Kier alpha value is -1.97. The third kappa shape index (κ3) is 2.89. The number of ether oxygens (including phenoxy) is 1. The summed E-state index contributed by atoms with van der Waals surface area (Å²) in [5.74, 6) is 2.13. The molecule has 4 heteroatoms. The van der Waals surface area contributed by atoms with Crippen molar-refractivity contribution in [3.05, 3.63) is 40.8 Å². The Balaban J connectivity index is 2.37. The minimum Gasteiger partial charge on any atom is -0.496 e. The fraction of sp³-hybridized carbons (Fsp3) is 0.400. The molecule has 1 heterocycles. The number of nitrogens with zero attached hydrogens (tertiary/aromatic N) is 1. The molecular weight excluding hydrogens is 240 g/mol. The maximum Gasteiger partial charge on any atom is 0.292 e. The second kappa shape index (κ2) is 5.34. The zero-order valence-corrected chi connectivity index (χ0v) is 11.9. The monoisotopic (exact) mass is 260 g/mol. The second-order valence-corrected chi connectivity index (χ2v) is 4.96. The van der Waals surface area contributed by atoms with E-state index in [9.17, 15) is 0 Å². The first kappa shape index (κ1) is 13.5. The highest BCUT2D eigenvalue weighted by atomic mass is 16.5. The van der Waals surface area contributed by atoms with E-state index < -0.39 is 0 Å². The quantitative estimate of drug-likeness (QED) is 0.916. The SMILES string of the molecule is COc1ccc(C(C)C)cc1Cc1oc(N)nc1C. The van der Waals surface area contributed by atoms with Gasteiger partial charge in [0, 0.05) is 12.0 Å². The van der Waals surface area contributed by atoms with Gasteiger partial charge in [0.25, 0.3) is 6.01 Å². The Morgan fingerprint density at radius 3 is 2.63 bits per heavy atom. The highest BCUT2D eigenvalue weighted by molar-refractivity contribution is 5.41. The van der Waals surface area contributed by atoms with Gasteiger partial charge in [-0.25, -0.2) is 0 Å². The second-order valence-electron chi connectivity index (χ2n) is 4.96. The first-order valence-corrected chi connectivity index (χ1v) is 6.40. The molecule has 0 atom stereocenters. The summed E-state index contributed by atoms with van der Waals surface area (Å²) in [6.07, 6.45) is 0.639. The molecule has 0 aliphatic carbocycles. The molecule has 0 saturated carbocycles. The molecular formula is C15H20N2O2. The van der Waals surface area contributed by atoms with Crippen LogP contribution in [0.15, 0.2) is 22.6 Å². The molecule has 0 saturated heterocycles. The summed E-state index contributed by atoms with van der Waals surface area (Å²) in [4.78, 5) is 4.09. The van der Waals surface area contributed by atoms with Crippen LogP contribution in [0.25, 0.3) is 0 Å². The van der Waals surface area contributed by atoms with Crippen LogP contribution < -0.4 is 10.5 Å². The molecule has 0 unspecified atom stereocenters. The zero-order chi connectivity index (χ0) is 14.0. The van der Waals surface area contributed by atoms with Crippen molar-refractivity contribution in [1.82, 2.24) is 4.98 Å². The number of hydrogen-bond acceptors (Lipinski definition) is 4. The average molecular weight is 260 g/mol. The third-order valence-corrected chi connectivity index (χ3v) is 3.23. The van der Waals surface area contributed by atoms with Crippen LogP contribution in [-0.4, -0.2) is 12.1 Å². The summed E-state index contributed by atoms with van der Waals surface area (Å²) in [5.41, 5.74) is 8.77. The lowest BCUT2D eigenvalue weighted by Gasteiger charge is -2.12. The zero-order valence-electron chi connectivity index (χ0n) is 11.9. The maximum atomic E-state index is 5.57. The van der Waals surface area contributed by atoms with Gasteiger partial charge in [-0.15, -0.1) is 0 Å². The van der Waals surface area contributed by atoms with Gasteiger partial charge < -0.3 is 14.9 Å². The first-order valence-electron chi connectivity index (χ1n) is 6.40. The Morgan fingerprint density at radius 2 is 2.11 bits per heavy atom. The molecule has 2 aromatic rings. The van der Waals surface area contributed by atoms with Crippen molar-refractivity contribution in [2.45, 2.75) is 33.1 Å². The fourth-order valence-corrected chi connectivity index (χ4v) is 2.08. The number of methoxy groups -OCH3 is 1. The van der Waals surface area contributed by atoms with Gasteiger partial charge in [0.2, 0.25) is 0 Å². The van der Waals surface area contributed by atoms with Crippen molar-refractivity contribution in [2.24, 2.45) is 0 Å². The maximum absolute atomic E-state index is 5.57. The number of nitrogens with two attached hydrogens (primary N) is 1. The van der Waals surface area contributed by atoms with Crippen molar-refractivity contribution in [1.29, 1.82) is 0 Å². The van der Waals surface area contributed by atoms with Crippen LogP contribution in [0.4, 0.5) is 6.01 Å². The van der Waals surface area contributed by atoms with E-state index >= 15 is 0 Å². The number of hydrogen-bond donors (Lipinski definition) is 1. The van der Waals surface area contributed by atoms with E-state index in [1.54, 1.807) is 7.11 Å². The summed E-state index contributed by atoms with van der Waals surface area (Å²) in [7, 11) is 1.68. The lowest BCUT2D eigenvalue weighted by molar-refractivity contribution is 0.408. The Morgan fingerprint density at radius 1 is 1.37 bits per heavy atom. The number of benzene rings is 1. The van der Waals surface area contributed by atoms with Crippen LogP contribution in [0.5, 0.6) is 5.75 Å². The third-order valence-electron chi connectivity index (χ3n) is 3.23. The van der Waals surface area contributed by atoms with E-state index in [4.69, 9.17) is 14.9 Å². The predicted molar refractivity (Wildman–Crippen MR) is 75.5 cm³/mol. The molecule has 2 rings (SSSR count). The Kier molecular flexibility index (Phi) is 3.79. The van der Waals surface area contributed by atoms with Crippen molar-refractivity contribution >= 4 is 6.01 Å². The van der Waals surface area contributed by atoms with Crippen LogP contribution in [0.2, 0.25) is 0 Å². The molecule has 102 valence electrons. The van der Waals surface area contributed by atoms with Crippen LogP contribution in [0.3, 0.4) is 0 Å². The van der Waals surface area contributed by atoms with E-state index in [-0.39, 0.29) is 6.01 Å². The molecule has 0 fully saturated rings. The molecule has 0 amide bonds. The molecule has 2 N–H and O–H groups in total. The summed E-state index contributed by atoms with van der Waals surface area (Å²) in [6.45, 7) is 6.24. The lowest BCUT2D eigenvalue weighted by atomic mass is 9.98. The van der Waals surface area contributed by atoms with Gasteiger partial charge in [-0.05, 0) is 24.5 Å². The summed E-state index contributed by atoms with van der Waals surface area (Å²) in [6, 6.07) is 6.46. The molecule has 1 aromatic carbocycles. The molecule has 1 aromatic heterocycles. The highest BCUT2D eigenvalue weighted by Gasteiger charge is 2.13. The average Bonchev–Trinajstić information content (AvgIpc) is 2.67. The number of aryl methyl sites for hydroxylation is 1. The molecule has 0 bridgehead atoms. The topological polar surface area (TPSA) is 61.3 Å². The first-order chi connectivity index (χ1) is 9.01. The Bertz CT molecular complexity index is 574. The lowest BCUT2D eigenvalue weighted by Crippen LogP contribution is -1.97. The van der Waals surface area contributed by atoms with Crippen LogP contribution in [0, 0.1) is 6.92 Å². The minimum atomic E-state index is 0.214. The van der Waals surface area contributed by atoms with Crippen LogP contribution >= 0.6 is 0 Å². The van der Waals surface area contributed by atoms with Gasteiger partial charge in [0.1, 0.15) is 11.5 Å². The predicted octanol–water partition coefficient (Wildman–Crippen LogP) is 3.29. The molecule has 19 heavy (non-hydrogen) atoms. The van der Waals surface area contributed by atoms with Gasteiger partial charge in [0.05, 0.1) is 12.8 Å². The molecule has 4 nitrogen and oxygen atoms in total. The summed E-state index contributed by atoms with van der Waals surface area (Å²) >= 11 is 0. The van der Waals surface area contributed by atoms with Gasteiger partial charge in [-0.2, -0.15) is 4.98 Å². The smallest absolute Gasteiger partial charge is 0.292 e. The Labute approximate surface area is 113 Å². The fourth-order valence-electron chi connectivity index (χ4n) is 2.08. The van der Waals surface area contributed by atoms with Crippen LogP contribution in [-0.2, 0) is 6.42 Å².